The Morgan fingerprint density at radius 2 is 2.29 bits per heavy atom. The van der Waals surface area contributed by atoms with Gasteiger partial charge >= 0.3 is 0 Å². The lowest BCUT2D eigenvalue weighted by atomic mass is 10.2. The highest BCUT2D eigenvalue weighted by atomic mass is 79.9. The molecule has 0 unspecified atom stereocenters. The summed E-state index contributed by atoms with van der Waals surface area (Å²) in [4.78, 5) is 15.7. The Bertz CT molecular complexity index is 549. The average Bonchev–Trinajstić information content (AvgIpc) is 2.63. The second-order valence-electron chi connectivity index (χ2n) is 3.30. The molecule has 0 bridgehead atoms. The first-order chi connectivity index (χ1) is 8.08. The zero-order valence-corrected chi connectivity index (χ0v) is 10.4. The minimum absolute atomic E-state index is 0.0741. The number of amides is 1. The molecule has 1 heterocycles. The van der Waals surface area contributed by atoms with Gasteiger partial charge in [-0.2, -0.15) is 4.98 Å². The van der Waals surface area contributed by atoms with Crippen LogP contribution in [0, 0.1) is 12.7 Å². The molecule has 1 aromatic carbocycles. The van der Waals surface area contributed by atoms with E-state index in [1.54, 1.807) is 13.0 Å². The highest BCUT2D eigenvalue weighted by molar-refractivity contribution is 9.10. The van der Waals surface area contributed by atoms with Crippen LogP contribution in [0.5, 0.6) is 0 Å². The maximum absolute atomic E-state index is 13.5. The Morgan fingerprint density at radius 3 is 2.88 bits per heavy atom. The fourth-order valence-corrected chi connectivity index (χ4v) is 1.80. The summed E-state index contributed by atoms with van der Waals surface area (Å²) in [5.41, 5.74) is -0.0741. The smallest absolute Gasteiger partial charge is 0.262 e. The Labute approximate surface area is 105 Å². The third-order valence-electron chi connectivity index (χ3n) is 2.01. The van der Waals surface area contributed by atoms with Gasteiger partial charge in [-0.1, -0.05) is 6.07 Å². The molecule has 0 radical (unpaired) electrons. The van der Waals surface area contributed by atoms with Crippen molar-refractivity contribution in [2.45, 2.75) is 6.92 Å². The van der Waals surface area contributed by atoms with Crippen molar-refractivity contribution >= 4 is 27.8 Å². The minimum Gasteiger partial charge on any atom is -0.289 e. The molecule has 0 fully saturated rings. The van der Waals surface area contributed by atoms with Gasteiger partial charge in [-0.25, -0.2) is 4.39 Å². The molecule has 1 amide bonds. The average molecular weight is 299 g/mol. The molecule has 17 heavy (non-hydrogen) atoms. The van der Waals surface area contributed by atoms with Gasteiger partial charge in [-0.05, 0) is 35.0 Å². The van der Waals surface area contributed by atoms with Crippen molar-refractivity contribution in [3.8, 4) is 0 Å². The van der Waals surface area contributed by atoms with Crippen LogP contribution in [0.25, 0.3) is 0 Å². The zero-order chi connectivity index (χ0) is 12.4. The number of aryl methyl sites for hydroxylation is 1. The van der Waals surface area contributed by atoms with Gasteiger partial charge in [0.1, 0.15) is 11.6 Å². The second kappa shape index (κ2) is 4.62. The number of anilines is 1. The lowest BCUT2D eigenvalue weighted by Gasteiger charge is -2.04. The Kier molecular flexibility index (Phi) is 3.19. The van der Waals surface area contributed by atoms with Crippen molar-refractivity contribution in [1.82, 2.24) is 15.2 Å². The number of rotatable bonds is 2. The standard InChI is InChI=1S/C10H8BrFN4O/c1-5-13-10(16-15-5)14-9(17)8-6(11)3-2-4-7(8)12/h2-4H,1H3,(H2,13,14,15,16,17). The van der Waals surface area contributed by atoms with E-state index in [9.17, 15) is 9.18 Å². The van der Waals surface area contributed by atoms with Crippen molar-refractivity contribution in [2.75, 3.05) is 5.32 Å². The van der Waals surface area contributed by atoms with E-state index in [-0.39, 0.29) is 11.5 Å². The third kappa shape index (κ3) is 2.50. The number of hydrogen-bond acceptors (Lipinski definition) is 3. The number of carbonyl (C=O) groups excluding carboxylic acids is 1. The largest absolute Gasteiger partial charge is 0.289 e. The summed E-state index contributed by atoms with van der Waals surface area (Å²) in [5.74, 6) is -0.534. The van der Waals surface area contributed by atoms with Crippen LogP contribution in [0.3, 0.4) is 0 Å². The van der Waals surface area contributed by atoms with Gasteiger partial charge in [0.25, 0.3) is 5.91 Å². The number of nitrogens with one attached hydrogen (secondary N) is 2. The van der Waals surface area contributed by atoms with Crippen LogP contribution in [0.1, 0.15) is 16.2 Å². The topological polar surface area (TPSA) is 70.7 Å². The van der Waals surface area contributed by atoms with E-state index in [4.69, 9.17) is 0 Å². The molecule has 0 atom stereocenters. The molecule has 5 nitrogen and oxygen atoms in total. The van der Waals surface area contributed by atoms with Crippen LogP contribution in [-0.4, -0.2) is 21.1 Å². The van der Waals surface area contributed by atoms with Gasteiger partial charge in [0.05, 0.1) is 5.56 Å². The second-order valence-corrected chi connectivity index (χ2v) is 4.15. The number of aromatic amines is 1. The van der Waals surface area contributed by atoms with E-state index in [0.29, 0.717) is 10.3 Å². The summed E-state index contributed by atoms with van der Waals surface area (Å²) >= 11 is 3.12. The molecule has 0 saturated heterocycles. The van der Waals surface area contributed by atoms with Crippen LogP contribution in [0.15, 0.2) is 22.7 Å². The molecule has 0 aliphatic heterocycles. The normalized spacial score (nSPS) is 10.3. The molecule has 0 spiro atoms. The van der Waals surface area contributed by atoms with E-state index in [0.717, 1.165) is 0 Å². The first-order valence-electron chi connectivity index (χ1n) is 4.72. The maximum atomic E-state index is 13.5. The summed E-state index contributed by atoms with van der Waals surface area (Å²) in [6.07, 6.45) is 0. The van der Waals surface area contributed by atoms with Crippen molar-refractivity contribution in [3.63, 3.8) is 0 Å². The van der Waals surface area contributed by atoms with Crippen LogP contribution >= 0.6 is 15.9 Å². The van der Waals surface area contributed by atoms with Gasteiger partial charge in [0, 0.05) is 4.47 Å². The van der Waals surface area contributed by atoms with Crippen molar-refractivity contribution in [3.05, 3.63) is 39.9 Å². The van der Waals surface area contributed by atoms with Gasteiger partial charge in [0.2, 0.25) is 5.95 Å². The van der Waals surface area contributed by atoms with Crippen LogP contribution in [0.4, 0.5) is 10.3 Å². The molecule has 0 saturated carbocycles. The van der Waals surface area contributed by atoms with E-state index in [1.807, 2.05) is 0 Å². The number of H-pyrrole nitrogens is 1. The van der Waals surface area contributed by atoms with Crippen molar-refractivity contribution in [2.24, 2.45) is 0 Å². The molecule has 2 rings (SSSR count). The minimum atomic E-state index is -0.607. The molecular weight excluding hydrogens is 291 g/mol. The SMILES string of the molecule is Cc1nc(NC(=O)c2c(F)cccc2Br)n[nH]1. The molecule has 1 aromatic heterocycles. The summed E-state index contributed by atoms with van der Waals surface area (Å²) in [6, 6.07) is 4.30. The summed E-state index contributed by atoms with van der Waals surface area (Å²) < 4.78 is 13.8. The summed E-state index contributed by atoms with van der Waals surface area (Å²) in [6.45, 7) is 1.70. The summed E-state index contributed by atoms with van der Waals surface area (Å²) in [5, 5.41) is 8.71. The Balaban J connectivity index is 2.26. The number of aromatic nitrogens is 3. The van der Waals surface area contributed by atoms with Gasteiger partial charge in [-0.15, -0.1) is 5.10 Å². The fraction of sp³-hybridized carbons (Fsp3) is 0.100. The van der Waals surface area contributed by atoms with E-state index in [2.05, 4.69) is 36.4 Å². The highest BCUT2D eigenvalue weighted by Gasteiger charge is 2.16. The van der Waals surface area contributed by atoms with E-state index in [1.165, 1.54) is 12.1 Å². The van der Waals surface area contributed by atoms with Crippen LogP contribution in [0.2, 0.25) is 0 Å². The lowest BCUT2D eigenvalue weighted by molar-refractivity contribution is 0.102. The Morgan fingerprint density at radius 1 is 1.53 bits per heavy atom. The highest BCUT2D eigenvalue weighted by Crippen LogP contribution is 2.20. The Hall–Kier alpha value is -1.76. The molecule has 0 aliphatic rings. The van der Waals surface area contributed by atoms with Crippen LogP contribution < -0.4 is 5.32 Å². The quantitative estimate of drug-likeness (QED) is 0.893. The summed E-state index contributed by atoms with van der Waals surface area (Å²) in [7, 11) is 0. The zero-order valence-electron chi connectivity index (χ0n) is 8.79. The van der Waals surface area contributed by atoms with Gasteiger partial charge < -0.3 is 0 Å². The number of carbonyl (C=O) groups is 1. The predicted molar refractivity (Wildman–Crippen MR) is 63.2 cm³/mol. The van der Waals surface area contributed by atoms with Crippen molar-refractivity contribution < 1.29 is 9.18 Å². The number of halogens is 2. The maximum Gasteiger partial charge on any atom is 0.262 e. The molecule has 2 aromatic rings. The first kappa shape index (κ1) is 11.7. The predicted octanol–water partition coefficient (Wildman–Crippen LogP) is 2.27. The number of nitrogens with zero attached hydrogens (tertiary/aromatic N) is 2. The molecule has 7 heteroatoms. The molecule has 2 N–H and O–H groups in total. The van der Waals surface area contributed by atoms with E-state index >= 15 is 0 Å². The first-order valence-corrected chi connectivity index (χ1v) is 5.51. The van der Waals surface area contributed by atoms with Crippen LogP contribution in [-0.2, 0) is 0 Å². The third-order valence-corrected chi connectivity index (χ3v) is 2.67. The lowest BCUT2D eigenvalue weighted by Crippen LogP contribution is -2.15. The van der Waals surface area contributed by atoms with Gasteiger partial charge in [0.15, 0.2) is 0 Å². The van der Waals surface area contributed by atoms with Crippen molar-refractivity contribution in [1.29, 1.82) is 0 Å². The molecule has 0 aliphatic carbocycles. The van der Waals surface area contributed by atoms with E-state index < -0.39 is 11.7 Å². The monoisotopic (exact) mass is 298 g/mol. The van der Waals surface area contributed by atoms with Gasteiger partial charge in [-0.3, -0.25) is 15.2 Å². The fourth-order valence-electron chi connectivity index (χ4n) is 1.28. The number of hydrogen-bond donors (Lipinski definition) is 2. The molecular formula is C10H8BrFN4O. The molecule has 88 valence electrons. The number of benzene rings is 1.